The summed E-state index contributed by atoms with van der Waals surface area (Å²) in [6.45, 7) is 8.69. The molecule has 0 bridgehead atoms. The molecule has 0 fully saturated rings. The maximum atomic E-state index is 11.7. The van der Waals surface area contributed by atoms with Crippen LogP contribution in [-0.2, 0) is 16.0 Å². The number of hydrogen-bond donors (Lipinski definition) is 1. The summed E-state index contributed by atoms with van der Waals surface area (Å²) in [6, 6.07) is 7.56. The van der Waals surface area contributed by atoms with Crippen LogP contribution >= 0.6 is 0 Å². The highest BCUT2D eigenvalue weighted by Gasteiger charge is 2.08. The van der Waals surface area contributed by atoms with E-state index in [2.05, 4.69) is 19.2 Å². The van der Waals surface area contributed by atoms with Crippen LogP contribution in [0.3, 0.4) is 0 Å². The highest BCUT2D eigenvalue weighted by molar-refractivity contribution is 5.81. The van der Waals surface area contributed by atoms with Crippen molar-refractivity contribution in [1.82, 2.24) is 5.32 Å². The van der Waals surface area contributed by atoms with Crippen LogP contribution in [0.2, 0.25) is 0 Å². The van der Waals surface area contributed by atoms with Gasteiger partial charge in [-0.2, -0.15) is 0 Å². The van der Waals surface area contributed by atoms with E-state index in [-0.39, 0.29) is 24.2 Å². The Bertz CT molecular complexity index is 478. The predicted octanol–water partition coefficient (Wildman–Crippen LogP) is 3.00. The smallest absolute Gasteiger partial charge is 0.220 e. The van der Waals surface area contributed by atoms with Crippen molar-refractivity contribution in [3.63, 3.8) is 0 Å². The Morgan fingerprint density at radius 1 is 1.09 bits per heavy atom. The van der Waals surface area contributed by atoms with E-state index >= 15 is 0 Å². The Hall–Kier alpha value is -1.84. The van der Waals surface area contributed by atoms with E-state index < -0.39 is 0 Å². The number of benzene rings is 1. The fraction of sp³-hybridized carbons (Fsp3) is 0.556. The van der Waals surface area contributed by atoms with Gasteiger partial charge in [0.05, 0.1) is 0 Å². The Labute approximate surface area is 133 Å². The largest absolute Gasteiger partial charge is 0.486 e. The number of carbonyl (C=O) groups is 2. The lowest BCUT2D eigenvalue weighted by Gasteiger charge is -2.09. The van der Waals surface area contributed by atoms with Crippen LogP contribution < -0.4 is 10.1 Å². The van der Waals surface area contributed by atoms with Gasteiger partial charge in [0.15, 0.2) is 5.78 Å². The number of aryl methyl sites for hydroxylation is 1. The van der Waals surface area contributed by atoms with Gasteiger partial charge < -0.3 is 10.1 Å². The fourth-order valence-corrected chi connectivity index (χ4v) is 1.74. The number of ketones is 1. The lowest BCUT2D eigenvalue weighted by Crippen LogP contribution is -2.27. The van der Waals surface area contributed by atoms with E-state index in [1.807, 2.05) is 38.1 Å². The fourth-order valence-electron chi connectivity index (χ4n) is 1.74. The van der Waals surface area contributed by atoms with Crippen molar-refractivity contribution in [1.29, 1.82) is 0 Å². The third-order valence-corrected chi connectivity index (χ3v) is 3.30. The number of rotatable bonds is 9. The quantitative estimate of drug-likeness (QED) is 0.763. The molecule has 1 N–H and O–H groups in total. The van der Waals surface area contributed by atoms with E-state index in [0.29, 0.717) is 24.5 Å². The second-order valence-electron chi connectivity index (χ2n) is 6.25. The Morgan fingerprint density at radius 2 is 1.73 bits per heavy atom. The van der Waals surface area contributed by atoms with Crippen molar-refractivity contribution in [2.24, 2.45) is 11.8 Å². The van der Waals surface area contributed by atoms with Crippen LogP contribution in [0.15, 0.2) is 24.3 Å². The van der Waals surface area contributed by atoms with Gasteiger partial charge in [-0.1, -0.05) is 39.8 Å². The van der Waals surface area contributed by atoms with Crippen LogP contribution in [0.25, 0.3) is 0 Å². The van der Waals surface area contributed by atoms with Crippen LogP contribution in [0.5, 0.6) is 5.75 Å². The van der Waals surface area contributed by atoms with Crippen LogP contribution in [0, 0.1) is 11.8 Å². The molecule has 1 aromatic rings. The molecule has 1 amide bonds. The third-order valence-electron chi connectivity index (χ3n) is 3.30. The molecule has 0 saturated heterocycles. The van der Waals surface area contributed by atoms with E-state index in [1.54, 1.807) is 0 Å². The molecule has 1 rings (SSSR count). The Morgan fingerprint density at radius 3 is 2.27 bits per heavy atom. The highest BCUT2D eigenvalue weighted by atomic mass is 16.5. The van der Waals surface area contributed by atoms with E-state index in [4.69, 9.17) is 4.74 Å². The van der Waals surface area contributed by atoms with Crippen molar-refractivity contribution >= 4 is 11.7 Å². The summed E-state index contributed by atoms with van der Waals surface area (Å²) in [5.74, 6) is 1.31. The second-order valence-corrected chi connectivity index (χ2v) is 6.25. The predicted molar refractivity (Wildman–Crippen MR) is 88.0 cm³/mol. The van der Waals surface area contributed by atoms with Gasteiger partial charge >= 0.3 is 0 Å². The number of amides is 1. The molecule has 4 heteroatoms. The van der Waals surface area contributed by atoms with Crippen molar-refractivity contribution in [2.75, 3.05) is 13.2 Å². The van der Waals surface area contributed by atoms with Gasteiger partial charge in [-0.3, -0.25) is 9.59 Å². The number of hydrogen-bond acceptors (Lipinski definition) is 3. The summed E-state index contributed by atoms with van der Waals surface area (Å²) in [6.07, 6.45) is 1.19. The minimum absolute atomic E-state index is 0.0105. The number of ether oxygens (including phenoxy) is 1. The average molecular weight is 305 g/mol. The van der Waals surface area contributed by atoms with E-state index in [1.165, 1.54) is 0 Å². The molecule has 0 atom stereocenters. The first kappa shape index (κ1) is 18.2. The van der Waals surface area contributed by atoms with Gasteiger partial charge in [0.25, 0.3) is 0 Å². The minimum atomic E-state index is -0.0105. The summed E-state index contributed by atoms with van der Waals surface area (Å²) >= 11 is 0. The third kappa shape index (κ3) is 7.25. The van der Waals surface area contributed by atoms with Gasteiger partial charge in [-0.15, -0.1) is 0 Å². The monoisotopic (exact) mass is 305 g/mol. The van der Waals surface area contributed by atoms with Gasteiger partial charge in [0.2, 0.25) is 5.91 Å². The zero-order valence-corrected chi connectivity index (χ0v) is 14.0. The van der Waals surface area contributed by atoms with Crippen LogP contribution in [0.4, 0.5) is 0 Å². The molecule has 0 saturated carbocycles. The Kier molecular flexibility index (Phi) is 7.64. The molecule has 122 valence electrons. The summed E-state index contributed by atoms with van der Waals surface area (Å²) in [5.41, 5.74) is 1.09. The molecule has 4 nitrogen and oxygen atoms in total. The highest BCUT2D eigenvalue weighted by Crippen LogP contribution is 2.14. The SMILES string of the molecule is CC(C)CNC(=O)CCc1ccc(OCC(=O)C(C)C)cc1. The molecule has 1 aromatic carbocycles. The molecule has 0 unspecified atom stereocenters. The topological polar surface area (TPSA) is 55.4 Å². The molecular formula is C18H27NO3. The lowest BCUT2D eigenvalue weighted by molar-refractivity contribution is -0.124. The first-order valence-corrected chi connectivity index (χ1v) is 7.89. The molecule has 0 aliphatic rings. The van der Waals surface area contributed by atoms with Gasteiger partial charge in [0.1, 0.15) is 12.4 Å². The molecular weight excluding hydrogens is 278 g/mol. The van der Waals surface area contributed by atoms with Crippen LogP contribution in [-0.4, -0.2) is 24.8 Å². The average Bonchev–Trinajstić information content (AvgIpc) is 2.49. The summed E-state index contributed by atoms with van der Waals surface area (Å²) < 4.78 is 5.45. The molecule has 22 heavy (non-hydrogen) atoms. The maximum absolute atomic E-state index is 11.7. The molecule has 0 radical (unpaired) electrons. The molecule has 0 aromatic heterocycles. The first-order valence-electron chi connectivity index (χ1n) is 7.89. The summed E-state index contributed by atoms with van der Waals surface area (Å²) in [5, 5.41) is 2.91. The van der Waals surface area contributed by atoms with Crippen molar-refractivity contribution in [3.8, 4) is 5.75 Å². The lowest BCUT2D eigenvalue weighted by atomic mass is 10.1. The normalized spacial score (nSPS) is 10.8. The van der Waals surface area contributed by atoms with E-state index in [0.717, 1.165) is 12.1 Å². The zero-order chi connectivity index (χ0) is 16.5. The summed E-state index contributed by atoms with van der Waals surface area (Å²) in [7, 11) is 0. The van der Waals surface area contributed by atoms with Crippen molar-refractivity contribution < 1.29 is 14.3 Å². The van der Waals surface area contributed by atoms with Gasteiger partial charge in [-0.05, 0) is 30.0 Å². The van der Waals surface area contributed by atoms with Crippen molar-refractivity contribution in [2.45, 2.75) is 40.5 Å². The Balaban J connectivity index is 2.35. The number of carbonyl (C=O) groups excluding carboxylic acids is 2. The number of nitrogens with one attached hydrogen (secondary N) is 1. The minimum Gasteiger partial charge on any atom is -0.486 e. The van der Waals surface area contributed by atoms with Crippen LogP contribution in [0.1, 0.15) is 39.7 Å². The van der Waals surface area contributed by atoms with E-state index in [9.17, 15) is 9.59 Å². The van der Waals surface area contributed by atoms with Gasteiger partial charge in [0, 0.05) is 18.9 Å². The van der Waals surface area contributed by atoms with Gasteiger partial charge in [-0.25, -0.2) is 0 Å². The standard InChI is InChI=1S/C18H27NO3/c1-13(2)11-19-18(21)10-7-15-5-8-16(9-6-15)22-12-17(20)14(3)4/h5-6,8-9,13-14H,7,10-12H2,1-4H3,(H,19,21). The second kappa shape index (κ2) is 9.23. The maximum Gasteiger partial charge on any atom is 0.220 e. The molecule has 0 spiro atoms. The first-order chi connectivity index (χ1) is 10.4. The van der Waals surface area contributed by atoms with Crippen molar-refractivity contribution in [3.05, 3.63) is 29.8 Å². The molecule has 0 aliphatic carbocycles. The molecule has 0 heterocycles. The zero-order valence-electron chi connectivity index (χ0n) is 14.0. The number of Topliss-reactive ketones (excluding diaryl/α,β-unsaturated/α-hetero) is 1. The molecule has 0 aliphatic heterocycles. The summed E-state index contributed by atoms with van der Waals surface area (Å²) in [4.78, 5) is 23.2.